The van der Waals surface area contributed by atoms with Crippen LogP contribution in [0.5, 0.6) is 0 Å². The molecule has 1 saturated carbocycles. The van der Waals surface area contributed by atoms with Crippen LogP contribution in [0.2, 0.25) is 0 Å². The van der Waals surface area contributed by atoms with Crippen LogP contribution in [0.25, 0.3) is 0 Å². The van der Waals surface area contributed by atoms with Crippen LogP contribution in [0.15, 0.2) is 0 Å². The number of alkyl halides is 21. The molecule has 1 nitrogen and oxygen atoms in total. The maximum atomic E-state index is 14.1. The normalized spacial score (nSPS) is 29.1. The van der Waals surface area contributed by atoms with E-state index in [0.717, 1.165) is 0 Å². The van der Waals surface area contributed by atoms with Gasteiger partial charge in [0.1, 0.15) is 12.0 Å². The van der Waals surface area contributed by atoms with Crippen LogP contribution >= 0.6 is 0 Å². The van der Waals surface area contributed by atoms with E-state index in [0.29, 0.717) is 0 Å². The molecule has 204 valence electrons. The topological polar surface area (TPSA) is 9.23 Å². The number of hydrogen-bond acceptors (Lipinski definition) is 1. The molecule has 0 N–H and O–H groups in total. The summed E-state index contributed by atoms with van der Waals surface area (Å²) in [4.78, 5) is 0. The highest BCUT2D eigenvalue weighted by atomic mass is 19.4. The first-order valence-electron chi connectivity index (χ1n) is 7.45. The summed E-state index contributed by atoms with van der Waals surface area (Å²) in [6.07, 6.45) is -36.6. The number of rotatable bonds is 4. The molecule has 0 aromatic rings. The highest BCUT2D eigenvalue weighted by Gasteiger charge is 2.97. The van der Waals surface area contributed by atoms with Crippen molar-refractivity contribution >= 4 is 0 Å². The van der Waals surface area contributed by atoms with Crippen LogP contribution in [0.3, 0.4) is 0 Å². The van der Waals surface area contributed by atoms with E-state index in [2.05, 4.69) is 0 Å². The molecule has 0 aromatic carbocycles. The number of ether oxygens (including phenoxy) is 1. The standard InChI is InChI=1S/C12H3F21O/c13-3(14)7(20,12(31,32)33)34-2-1(4(15,10(25,26)27)11(28,29)30)5(16,17)8(21,22)9(23,24)6(2,18)19/h1-3H. The fourth-order valence-corrected chi connectivity index (χ4v) is 2.73. The van der Waals surface area contributed by atoms with Gasteiger partial charge in [0, 0.05) is 0 Å². The quantitative estimate of drug-likeness (QED) is 0.340. The minimum Gasteiger partial charge on any atom is -0.324 e. The number of hydrogen-bond donors (Lipinski definition) is 0. The second-order valence-corrected chi connectivity index (χ2v) is 6.56. The van der Waals surface area contributed by atoms with Gasteiger partial charge in [0.05, 0.1) is 0 Å². The van der Waals surface area contributed by atoms with Crippen molar-refractivity contribution in [1.29, 1.82) is 0 Å². The zero-order chi connectivity index (χ0) is 27.9. The van der Waals surface area contributed by atoms with Gasteiger partial charge in [-0.05, 0) is 0 Å². The van der Waals surface area contributed by atoms with Gasteiger partial charge in [-0.25, -0.2) is 13.2 Å². The minimum atomic E-state index is -8.29. The molecular weight excluding hydrogens is 559 g/mol. The third-order valence-electron chi connectivity index (χ3n) is 4.50. The van der Waals surface area contributed by atoms with Gasteiger partial charge in [-0.1, -0.05) is 0 Å². The Balaban J connectivity index is 4.24. The van der Waals surface area contributed by atoms with Gasteiger partial charge in [-0.2, -0.15) is 79.0 Å². The lowest BCUT2D eigenvalue weighted by Gasteiger charge is -2.54. The predicted octanol–water partition coefficient (Wildman–Crippen LogP) is 6.87. The Morgan fingerprint density at radius 1 is 0.529 bits per heavy atom. The lowest BCUT2D eigenvalue weighted by atomic mass is 9.67. The molecule has 0 saturated heterocycles. The molecule has 0 bridgehead atoms. The molecule has 0 aliphatic heterocycles. The molecule has 0 heterocycles. The summed E-state index contributed by atoms with van der Waals surface area (Å²) in [7, 11) is 0. The fraction of sp³-hybridized carbons (Fsp3) is 1.00. The summed E-state index contributed by atoms with van der Waals surface area (Å²) >= 11 is 0. The first kappa shape index (κ1) is 30.5. The lowest BCUT2D eigenvalue weighted by molar-refractivity contribution is -0.494. The molecule has 0 amide bonds. The van der Waals surface area contributed by atoms with Gasteiger partial charge in [0.2, 0.25) is 0 Å². The highest BCUT2D eigenvalue weighted by molar-refractivity contribution is 5.23. The van der Waals surface area contributed by atoms with Gasteiger partial charge in [0.15, 0.2) is 0 Å². The first-order chi connectivity index (χ1) is 14.4. The van der Waals surface area contributed by atoms with E-state index in [-0.39, 0.29) is 0 Å². The average molecular weight is 562 g/mol. The monoisotopic (exact) mass is 562 g/mol. The zero-order valence-corrected chi connectivity index (χ0v) is 14.6. The largest absolute Gasteiger partial charge is 0.454 e. The maximum Gasteiger partial charge on any atom is 0.454 e. The van der Waals surface area contributed by atoms with Gasteiger partial charge < -0.3 is 4.74 Å². The van der Waals surface area contributed by atoms with Crippen LogP contribution in [0.1, 0.15) is 0 Å². The van der Waals surface area contributed by atoms with E-state index in [9.17, 15) is 92.2 Å². The van der Waals surface area contributed by atoms with E-state index in [1.54, 1.807) is 0 Å². The van der Waals surface area contributed by atoms with Crippen LogP contribution in [0, 0.1) is 5.92 Å². The van der Waals surface area contributed by atoms with Crippen molar-refractivity contribution in [2.75, 3.05) is 0 Å². The first-order valence-corrected chi connectivity index (χ1v) is 7.45. The van der Waals surface area contributed by atoms with Crippen LogP contribution in [-0.2, 0) is 4.74 Å². The van der Waals surface area contributed by atoms with E-state index in [4.69, 9.17) is 0 Å². The Morgan fingerprint density at radius 2 is 0.853 bits per heavy atom. The van der Waals surface area contributed by atoms with Crippen molar-refractivity contribution < 1.29 is 96.9 Å². The fourth-order valence-electron chi connectivity index (χ4n) is 2.73. The zero-order valence-electron chi connectivity index (χ0n) is 14.6. The summed E-state index contributed by atoms with van der Waals surface area (Å²) in [5.74, 6) is -46.4. The summed E-state index contributed by atoms with van der Waals surface area (Å²) in [6.45, 7) is 0. The van der Waals surface area contributed by atoms with Crippen molar-refractivity contribution in [3.05, 3.63) is 0 Å². The van der Waals surface area contributed by atoms with Gasteiger partial charge in [-0.3, -0.25) is 0 Å². The molecular formula is C12H3F21O. The maximum absolute atomic E-state index is 14.1. The third kappa shape index (κ3) is 3.63. The average Bonchev–Trinajstić information content (AvgIpc) is 2.55. The van der Waals surface area contributed by atoms with E-state index < -0.39 is 72.2 Å². The SMILES string of the molecule is FC(F)C(F)(OC1C(C(F)(C(F)(F)F)C(F)(F)F)C(F)(F)C(F)(F)C(F)(F)C1(F)F)C(F)(F)F. The summed E-state index contributed by atoms with van der Waals surface area (Å²) in [5.41, 5.74) is -8.29. The van der Waals surface area contributed by atoms with Crippen molar-refractivity contribution in [3.63, 3.8) is 0 Å². The highest BCUT2D eigenvalue weighted by Crippen LogP contribution is 2.69. The molecule has 1 aliphatic carbocycles. The van der Waals surface area contributed by atoms with Crippen molar-refractivity contribution in [3.8, 4) is 0 Å². The Kier molecular flexibility index (Phi) is 6.73. The molecule has 3 atom stereocenters. The molecule has 34 heavy (non-hydrogen) atoms. The second-order valence-electron chi connectivity index (χ2n) is 6.56. The van der Waals surface area contributed by atoms with Crippen molar-refractivity contribution in [1.82, 2.24) is 0 Å². The summed E-state index contributed by atoms with van der Waals surface area (Å²) in [5, 5.41) is 0. The van der Waals surface area contributed by atoms with Crippen molar-refractivity contribution in [2.45, 2.75) is 66.3 Å². The Hall–Kier alpha value is -1.51. The van der Waals surface area contributed by atoms with Crippen molar-refractivity contribution in [2.24, 2.45) is 5.92 Å². The predicted molar refractivity (Wildman–Crippen MR) is 60.0 cm³/mol. The van der Waals surface area contributed by atoms with Gasteiger partial charge in [0.25, 0.3) is 0 Å². The molecule has 0 aromatic heterocycles. The van der Waals surface area contributed by atoms with Crippen LogP contribution in [-0.4, -0.2) is 66.3 Å². The van der Waals surface area contributed by atoms with Gasteiger partial charge >= 0.3 is 60.2 Å². The van der Waals surface area contributed by atoms with E-state index in [1.807, 2.05) is 4.74 Å². The Labute approximate surface area is 170 Å². The van der Waals surface area contributed by atoms with E-state index in [1.165, 1.54) is 0 Å². The lowest BCUT2D eigenvalue weighted by Crippen LogP contribution is -2.82. The molecule has 1 rings (SSSR count). The molecule has 0 spiro atoms. The van der Waals surface area contributed by atoms with Crippen LogP contribution in [0.4, 0.5) is 92.2 Å². The van der Waals surface area contributed by atoms with Gasteiger partial charge in [-0.15, -0.1) is 0 Å². The second kappa shape index (κ2) is 7.50. The van der Waals surface area contributed by atoms with E-state index >= 15 is 0 Å². The molecule has 0 radical (unpaired) electrons. The van der Waals surface area contributed by atoms with Crippen LogP contribution < -0.4 is 0 Å². The summed E-state index contributed by atoms with van der Waals surface area (Å²) < 4.78 is 278. The Bertz CT molecular complexity index is 743. The smallest absolute Gasteiger partial charge is 0.324 e. The molecule has 1 fully saturated rings. The Morgan fingerprint density at radius 3 is 1.12 bits per heavy atom. The summed E-state index contributed by atoms with van der Waals surface area (Å²) in [6, 6.07) is 0. The molecule has 3 unspecified atom stereocenters. The molecule has 1 aliphatic rings. The third-order valence-corrected chi connectivity index (χ3v) is 4.50. The minimum absolute atomic E-state index is 1.91. The molecule has 22 heteroatoms. The number of halogens is 21.